The fourth-order valence-corrected chi connectivity index (χ4v) is 1.77. The maximum absolute atomic E-state index is 12.3. The second kappa shape index (κ2) is 7.75. The quantitative estimate of drug-likeness (QED) is 0.777. The molecule has 1 aromatic rings. The number of rotatable bonds is 7. The van der Waals surface area contributed by atoms with Crippen LogP contribution in [0.15, 0.2) is 18.2 Å². The second-order valence-electron chi connectivity index (χ2n) is 5.04. The molecule has 0 unspecified atom stereocenters. The van der Waals surface area contributed by atoms with Crippen LogP contribution in [0.2, 0.25) is 0 Å². The Hall–Kier alpha value is -2.38. The van der Waals surface area contributed by atoms with E-state index in [0.29, 0.717) is 0 Å². The van der Waals surface area contributed by atoms with E-state index < -0.39 is 24.0 Å². The molecule has 0 heterocycles. The molecule has 23 heavy (non-hydrogen) atoms. The number of hydrogen-bond acceptors (Lipinski definition) is 5. The maximum atomic E-state index is 12.3. The topological polar surface area (TPSA) is 73.9 Å². The third-order valence-electron chi connectivity index (χ3n) is 2.84. The number of carbonyl (C=O) groups excluding carboxylic acids is 2. The van der Waals surface area contributed by atoms with E-state index in [4.69, 9.17) is 4.74 Å². The van der Waals surface area contributed by atoms with Crippen molar-refractivity contribution >= 4 is 11.9 Å². The molecule has 1 aromatic carbocycles. The zero-order valence-electron chi connectivity index (χ0n) is 13.3. The summed E-state index contributed by atoms with van der Waals surface area (Å²) < 4.78 is 38.8. The minimum absolute atomic E-state index is 0.0105. The molecule has 0 radical (unpaired) electrons. The minimum atomic E-state index is -3.01. The zero-order valence-corrected chi connectivity index (χ0v) is 13.3. The summed E-state index contributed by atoms with van der Waals surface area (Å²) in [5, 5.41) is 2.49. The van der Waals surface area contributed by atoms with Crippen molar-refractivity contribution in [2.45, 2.75) is 32.9 Å². The molecule has 0 bridgehead atoms. The van der Waals surface area contributed by atoms with Crippen LogP contribution < -0.4 is 14.8 Å². The van der Waals surface area contributed by atoms with Crippen LogP contribution in [0.25, 0.3) is 0 Å². The van der Waals surface area contributed by atoms with Crippen molar-refractivity contribution in [3.8, 4) is 11.5 Å². The molecule has 1 amide bonds. The van der Waals surface area contributed by atoms with Gasteiger partial charge in [0.25, 0.3) is 5.91 Å². The number of halogens is 2. The Labute approximate surface area is 132 Å². The molecular formula is C15H19F2NO5. The largest absolute Gasteiger partial charge is 0.490 e. The highest BCUT2D eigenvalue weighted by Gasteiger charge is 2.31. The van der Waals surface area contributed by atoms with Crippen LogP contribution in [-0.2, 0) is 9.53 Å². The van der Waals surface area contributed by atoms with Gasteiger partial charge in [-0.1, -0.05) is 0 Å². The molecule has 0 aliphatic rings. The first kappa shape index (κ1) is 18.7. The number of methoxy groups -OCH3 is 1. The molecule has 0 aromatic heterocycles. The summed E-state index contributed by atoms with van der Waals surface area (Å²) in [4.78, 5) is 23.8. The lowest BCUT2D eigenvalue weighted by molar-refractivity contribution is -0.146. The third kappa shape index (κ3) is 5.08. The maximum Gasteiger partial charge on any atom is 0.387 e. The normalized spacial score (nSPS) is 11.1. The summed E-state index contributed by atoms with van der Waals surface area (Å²) in [5.41, 5.74) is -1.11. The van der Waals surface area contributed by atoms with Gasteiger partial charge >= 0.3 is 12.6 Å². The summed E-state index contributed by atoms with van der Waals surface area (Å²) in [6.07, 6.45) is 0. The molecule has 0 aliphatic carbocycles. The summed E-state index contributed by atoms with van der Waals surface area (Å²) in [7, 11) is 1.21. The predicted octanol–water partition coefficient (Wildman–Crippen LogP) is 2.37. The Kier molecular flexibility index (Phi) is 6.29. The second-order valence-corrected chi connectivity index (χ2v) is 5.04. The van der Waals surface area contributed by atoms with E-state index in [0.717, 1.165) is 0 Å². The molecule has 0 saturated heterocycles. The highest BCUT2D eigenvalue weighted by atomic mass is 19.3. The van der Waals surface area contributed by atoms with Gasteiger partial charge in [-0.05, 0) is 39.0 Å². The van der Waals surface area contributed by atoms with E-state index >= 15 is 0 Å². The van der Waals surface area contributed by atoms with Crippen LogP contribution in [0.5, 0.6) is 11.5 Å². The van der Waals surface area contributed by atoms with Crippen LogP contribution in [0.1, 0.15) is 31.1 Å². The highest BCUT2D eigenvalue weighted by molar-refractivity contribution is 5.98. The zero-order chi connectivity index (χ0) is 17.6. The van der Waals surface area contributed by atoms with Gasteiger partial charge in [0.15, 0.2) is 11.5 Å². The van der Waals surface area contributed by atoms with E-state index in [9.17, 15) is 18.4 Å². The van der Waals surface area contributed by atoms with E-state index in [1.165, 1.54) is 39.2 Å². The summed E-state index contributed by atoms with van der Waals surface area (Å²) in [6.45, 7) is 1.83. The van der Waals surface area contributed by atoms with Crippen LogP contribution in [0.3, 0.4) is 0 Å². The van der Waals surface area contributed by atoms with Crippen molar-refractivity contribution in [1.82, 2.24) is 5.32 Å². The molecule has 128 valence electrons. The summed E-state index contributed by atoms with van der Waals surface area (Å²) in [5.74, 6) is -1.36. The third-order valence-corrected chi connectivity index (χ3v) is 2.84. The molecule has 0 fully saturated rings. The predicted molar refractivity (Wildman–Crippen MR) is 77.8 cm³/mol. The van der Waals surface area contributed by atoms with Gasteiger partial charge in [-0.2, -0.15) is 8.78 Å². The fourth-order valence-electron chi connectivity index (χ4n) is 1.77. The summed E-state index contributed by atoms with van der Waals surface area (Å²) in [6, 6.07) is 3.77. The Morgan fingerprint density at radius 3 is 2.43 bits per heavy atom. The average molecular weight is 331 g/mol. The Balaban J connectivity index is 3.01. The molecule has 0 saturated carbocycles. The number of hydrogen-bond donors (Lipinski definition) is 1. The van der Waals surface area contributed by atoms with Crippen molar-refractivity contribution < 1.29 is 32.6 Å². The van der Waals surface area contributed by atoms with Crippen molar-refractivity contribution in [2.75, 3.05) is 13.7 Å². The number of nitrogens with one attached hydrogen (secondary N) is 1. The molecule has 0 spiro atoms. The molecule has 1 N–H and O–H groups in total. The van der Waals surface area contributed by atoms with Crippen LogP contribution in [-0.4, -0.2) is 37.7 Å². The van der Waals surface area contributed by atoms with Crippen molar-refractivity contribution in [3.63, 3.8) is 0 Å². The van der Waals surface area contributed by atoms with Gasteiger partial charge < -0.3 is 19.5 Å². The van der Waals surface area contributed by atoms with Crippen molar-refractivity contribution in [1.29, 1.82) is 0 Å². The number of esters is 1. The van der Waals surface area contributed by atoms with Gasteiger partial charge in [0.05, 0.1) is 13.7 Å². The summed E-state index contributed by atoms with van der Waals surface area (Å²) >= 11 is 0. The van der Waals surface area contributed by atoms with Gasteiger partial charge in [0.2, 0.25) is 0 Å². The van der Waals surface area contributed by atoms with Gasteiger partial charge in [-0.25, -0.2) is 4.79 Å². The first-order valence-electron chi connectivity index (χ1n) is 6.83. The molecular weight excluding hydrogens is 312 g/mol. The highest BCUT2D eigenvalue weighted by Crippen LogP contribution is 2.30. The average Bonchev–Trinajstić information content (AvgIpc) is 2.47. The Bertz CT molecular complexity index is 575. The Morgan fingerprint density at radius 2 is 1.91 bits per heavy atom. The van der Waals surface area contributed by atoms with Crippen LogP contribution in [0.4, 0.5) is 8.78 Å². The molecule has 0 aliphatic heterocycles. The number of alkyl halides is 2. The monoisotopic (exact) mass is 331 g/mol. The fraction of sp³-hybridized carbons (Fsp3) is 0.467. The van der Waals surface area contributed by atoms with E-state index in [1.807, 2.05) is 0 Å². The van der Waals surface area contributed by atoms with Gasteiger partial charge in [-0.3, -0.25) is 4.79 Å². The van der Waals surface area contributed by atoms with Crippen molar-refractivity contribution in [2.24, 2.45) is 0 Å². The first-order valence-corrected chi connectivity index (χ1v) is 6.83. The smallest absolute Gasteiger partial charge is 0.387 e. The van der Waals surface area contributed by atoms with Gasteiger partial charge in [0.1, 0.15) is 5.54 Å². The molecule has 8 heteroatoms. The van der Waals surface area contributed by atoms with Gasteiger partial charge in [-0.15, -0.1) is 0 Å². The lowest BCUT2D eigenvalue weighted by Gasteiger charge is -2.23. The van der Waals surface area contributed by atoms with Crippen molar-refractivity contribution in [3.05, 3.63) is 23.8 Å². The number of benzene rings is 1. The first-order chi connectivity index (χ1) is 10.7. The van der Waals surface area contributed by atoms with Crippen LogP contribution >= 0.6 is 0 Å². The van der Waals surface area contributed by atoms with Gasteiger partial charge in [0, 0.05) is 5.56 Å². The number of carbonyl (C=O) groups is 2. The molecule has 0 atom stereocenters. The van der Waals surface area contributed by atoms with E-state index in [-0.39, 0.29) is 23.7 Å². The lowest BCUT2D eigenvalue weighted by Crippen LogP contribution is -2.50. The SMILES string of the molecule is CCOc1cc(C(=O)NC(C)(C)C(=O)OC)ccc1OC(F)F. The number of ether oxygens (including phenoxy) is 3. The van der Waals surface area contributed by atoms with E-state index in [1.54, 1.807) is 6.92 Å². The minimum Gasteiger partial charge on any atom is -0.490 e. The standard InChI is InChI=1S/C15H19F2NO5/c1-5-22-11-8-9(6-7-10(11)23-14(16)17)12(19)18-15(2,3)13(20)21-4/h6-8,14H,5H2,1-4H3,(H,18,19). The van der Waals surface area contributed by atoms with E-state index in [2.05, 4.69) is 14.8 Å². The number of amides is 1. The molecule has 1 rings (SSSR count). The molecule has 6 nitrogen and oxygen atoms in total. The Morgan fingerprint density at radius 1 is 1.26 bits per heavy atom. The lowest BCUT2D eigenvalue weighted by atomic mass is 10.0. The van der Waals surface area contributed by atoms with Crippen LogP contribution in [0, 0.1) is 0 Å².